The first-order chi connectivity index (χ1) is 17.6. The summed E-state index contributed by atoms with van der Waals surface area (Å²) in [5.74, 6) is 1.14. The normalized spacial score (nSPS) is 11.6. The van der Waals surface area contributed by atoms with Gasteiger partial charge in [-0.25, -0.2) is 0 Å². The van der Waals surface area contributed by atoms with Crippen LogP contribution in [0, 0.1) is 6.92 Å². The minimum atomic E-state index is -0.146. The number of aromatic nitrogens is 2. The first-order valence-electron chi connectivity index (χ1n) is 11.7. The van der Waals surface area contributed by atoms with E-state index in [0.29, 0.717) is 39.6 Å². The quantitative estimate of drug-likeness (QED) is 0.287. The van der Waals surface area contributed by atoms with Gasteiger partial charge in [0.15, 0.2) is 17.1 Å². The van der Waals surface area contributed by atoms with Crippen molar-refractivity contribution in [2.75, 3.05) is 5.32 Å². The van der Waals surface area contributed by atoms with Gasteiger partial charge in [-0.3, -0.25) is 4.79 Å². The number of aryl methyl sites for hydroxylation is 2. The molecule has 0 saturated heterocycles. The molecule has 176 valence electrons. The summed E-state index contributed by atoms with van der Waals surface area (Å²) in [6.07, 6.45) is 3.83. The molecule has 36 heavy (non-hydrogen) atoms. The Kier molecular flexibility index (Phi) is 5.26. The third-order valence-corrected chi connectivity index (χ3v) is 6.34. The highest BCUT2D eigenvalue weighted by molar-refractivity contribution is 6.11. The third kappa shape index (κ3) is 3.60. The van der Waals surface area contributed by atoms with Gasteiger partial charge in [0.25, 0.3) is 5.56 Å². The van der Waals surface area contributed by atoms with E-state index < -0.39 is 0 Å². The molecule has 3 aromatic carbocycles. The molecule has 0 amide bonds. The van der Waals surface area contributed by atoms with E-state index in [0.717, 1.165) is 22.0 Å². The Morgan fingerprint density at radius 3 is 2.33 bits per heavy atom. The van der Waals surface area contributed by atoms with Gasteiger partial charge in [0.2, 0.25) is 0 Å². The Hall–Kier alpha value is -4.84. The van der Waals surface area contributed by atoms with Crippen LogP contribution in [0.5, 0.6) is 0 Å². The van der Waals surface area contributed by atoms with Crippen molar-refractivity contribution >= 4 is 45.4 Å². The second kappa shape index (κ2) is 8.74. The minimum absolute atomic E-state index is 0.146. The first-order valence-corrected chi connectivity index (χ1v) is 11.7. The molecule has 0 aliphatic rings. The standard InChI is InChI=1S/C30H23N3O3/c1-19-26(24(36-32-19)18-17-20-11-5-3-6-12-20)31-27-25-29(35-28(27)21-13-7-4-8-14-21)22-15-9-10-16-23(22)33(2)30(25)34/h3-18,31H,1-2H3/b18-17+. The number of hydrogen-bond acceptors (Lipinski definition) is 5. The molecule has 6 heteroatoms. The highest BCUT2D eigenvalue weighted by atomic mass is 16.5. The molecular weight excluding hydrogens is 450 g/mol. The molecule has 6 rings (SSSR count). The molecule has 0 aliphatic carbocycles. The summed E-state index contributed by atoms with van der Waals surface area (Å²) in [5.41, 5.74) is 5.05. The number of anilines is 2. The number of hydrogen-bond donors (Lipinski definition) is 1. The molecule has 0 spiro atoms. The zero-order valence-corrected chi connectivity index (χ0v) is 19.9. The fourth-order valence-corrected chi connectivity index (χ4v) is 4.49. The second-order valence-corrected chi connectivity index (χ2v) is 8.63. The maximum Gasteiger partial charge on any atom is 0.264 e. The van der Waals surface area contributed by atoms with Crippen molar-refractivity contribution in [3.63, 3.8) is 0 Å². The molecule has 0 atom stereocenters. The van der Waals surface area contributed by atoms with E-state index in [1.165, 1.54) is 0 Å². The Balaban J connectivity index is 1.58. The Labute approximate surface area is 207 Å². The summed E-state index contributed by atoms with van der Waals surface area (Å²) < 4.78 is 13.7. The van der Waals surface area contributed by atoms with E-state index in [4.69, 9.17) is 8.94 Å². The maximum atomic E-state index is 13.6. The third-order valence-electron chi connectivity index (χ3n) is 6.34. The molecule has 1 N–H and O–H groups in total. The second-order valence-electron chi connectivity index (χ2n) is 8.63. The molecule has 0 saturated carbocycles. The maximum absolute atomic E-state index is 13.6. The van der Waals surface area contributed by atoms with E-state index in [-0.39, 0.29) is 5.56 Å². The zero-order chi connectivity index (χ0) is 24.6. The van der Waals surface area contributed by atoms with Crippen molar-refractivity contribution in [3.05, 3.63) is 112 Å². The van der Waals surface area contributed by atoms with Crippen LogP contribution in [0.4, 0.5) is 11.4 Å². The van der Waals surface area contributed by atoms with Gasteiger partial charge in [-0.15, -0.1) is 0 Å². The monoisotopic (exact) mass is 473 g/mol. The molecule has 3 aromatic heterocycles. The zero-order valence-electron chi connectivity index (χ0n) is 19.9. The fraction of sp³-hybridized carbons (Fsp3) is 0.0667. The lowest BCUT2D eigenvalue weighted by Gasteiger charge is -2.08. The fourth-order valence-electron chi connectivity index (χ4n) is 4.49. The van der Waals surface area contributed by atoms with Gasteiger partial charge < -0.3 is 18.8 Å². The Morgan fingerprint density at radius 2 is 1.56 bits per heavy atom. The lowest BCUT2D eigenvalue weighted by atomic mass is 10.1. The molecule has 0 fully saturated rings. The van der Waals surface area contributed by atoms with Crippen molar-refractivity contribution in [2.45, 2.75) is 6.92 Å². The van der Waals surface area contributed by atoms with Crippen LogP contribution in [0.1, 0.15) is 17.0 Å². The van der Waals surface area contributed by atoms with E-state index in [2.05, 4.69) is 10.5 Å². The van der Waals surface area contributed by atoms with Crippen LogP contribution in [0.2, 0.25) is 0 Å². The van der Waals surface area contributed by atoms with Crippen LogP contribution >= 0.6 is 0 Å². The average Bonchev–Trinajstić information content (AvgIpc) is 3.48. The number of pyridine rings is 1. The highest BCUT2D eigenvalue weighted by Crippen LogP contribution is 2.41. The number of fused-ring (bicyclic) bond motifs is 3. The van der Waals surface area contributed by atoms with Crippen LogP contribution in [0.15, 0.2) is 98.7 Å². The van der Waals surface area contributed by atoms with E-state index in [1.54, 1.807) is 11.6 Å². The summed E-state index contributed by atoms with van der Waals surface area (Å²) in [6.45, 7) is 1.86. The van der Waals surface area contributed by atoms with Gasteiger partial charge in [-0.1, -0.05) is 84.0 Å². The lowest BCUT2D eigenvalue weighted by molar-refractivity contribution is 0.408. The van der Waals surface area contributed by atoms with Crippen LogP contribution in [-0.4, -0.2) is 9.72 Å². The molecule has 0 radical (unpaired) electrons. The molecule has 0 aliphatic heterocycles. The first kappa shape index (κ1) is 21.7. The number of nitrogens with zero attached hydrogens (tertiary/aromatic N) is 2. The number of nitrogens with one attached hydrogen (secondary N) is 1. The number of para-hydroxylation sites is 1. The van der Waals surface area contributed by atoms with Gasteiger partial charge in [0, 0.05) is 18.0 Å². The molecule has 0 unspecified atom stereocenters. The highest BCUT2D eigenvalue weighted by Gasteiger charge is 2.24. The van der Waals surface area contributed by atoms with Gasteiger partial charge in [-0.05, 0) is 30.7 Å². The Bertz CT molecular complexity index is 1790. The van der Waals surface area contributed by atoms with Crippen molar-refractivity contribution in [3.8, 4) is 11.3 Å². The summed E-state index contributed by atoms with van der Waals surface area (Å²) >= 11 is 0. The van der Waals surface area contributed by atoms with Gasteiger partial charge in [0.1, 0.15) is 16.8 Å². The summed E-state index contributed by atoms with van der Waals surface area (Å²) in [7, 11) is 1.78. The van der Waals surface area contributed by atoms with Gasteiger partial charge in [0.05, 0.1) is 11.2 Å². The van der Waals surface area contributed by atoms with Crippen LogP contribution in [0.25, 0.3) is 45.3 Å². The SMILES string of the molecule is Cc1noc(/C=C/c2ccccc2)c1Nc1c(-c2ccccc2)oc2c1c(=O)n(C)c1ccccc21. The predicted molar refractivity (Wildman–Crippen MR) is 144 cm³/mol. The van der Waals surface area contributed by atoms with Crippen LogP contribution in [-0.2, 0) is 7.05 Å². The largest absolute Gasteiger partial charge is 0.453 e. The van der Waals surface area contributed by atoms with Crippen LogP contribution < -0.4 is 10.9 Å². The molecule has 0 bridgehead atoms. The van der Waals surface area contributed by atoms with Crippen LogP contribution in [0.3, 0.4) is 0 Å². The summed E-state index contributed by atoms with van der Waals surface area (Å²) in [6, 6.07) is 27.5. The minimum Gasteiger partial charge on any atom is -0.453 e. The van der Waals surface area contributed by atoms with E-state index in [1.807, 2.05) is 104 Å². The van der Waals surface area contributed by atoms with E-state index >= 15 is 0 Å². The van der Waals surface area contributed by atoms with Gasteiger partial charge >= 0.3 is 0 Å². The summed E-state index contributed by atoms with van der Waals surface area (Å²) in [5, 5.41) is 8.99. The van der Waals surface area contributed by atoms with Crippen molar-refractivity contribution in [1.29, 1.82) is 0 Å². The molecular formula is C30H23N3O3. The number of benzene rings is 3. The van der Waals surface area contributed by atoms with Gasteiger partial charge in [-0.2, -0.15) is 0 Å². The predicted octanol–water partition coefficient (Wildman–Crippen LogP) is 7.16. The van der Waals surface area contributed by atoms with Crippen molar-refractivity contribution < 1.29 is 8.94 Å². The average molecular weight is 474 g/mol. The lowest BCUT2D eigenvalue weighted by Crippen LogP contribution is -2.17. The molecule has 3 heterocycles. The topological polar surface area (TPSA) is 73.2 Å². The Morgan fingerprint density at radius 1 is 0.861 bits per heavy atom. The van der Waals surface area contributed by atoms with Crippen molar-refractivity contribution in [1.82, 2.24) is 9.72 Å². The number of rotatable bonds is 5. The number of furan rings is 1. The smallest absolute Gasteiger partial charge is 0.264 e. The van der Waals surface area contributed by atoms with E-state index in [9.17, 15) is 4.79 Å². The molecule has 6 aromatic rings. The molecule has 6 nitrogen and oxygen atoms in total. The summed E-state index contributed by atoms with van der Waals surface area (Å²) in [4.78, 5) is 13.6. The van der Waals surface area contributed by atoms with Crippen molar-refractivity contribution in [2.24, 2.45) is 7.05 Å².